The van der Waals surface area contributed by atoms with Crippen LogP contribution in [0.4, 0.5) is 11.4 Å². The molecular formula is C41H44N6O7. The summed E-state index contributed by atoms with van der Waals surface area (Å²) in [5.74, 6) is -1.48. The quantitative estimate of drug-likeness (QED) is 0.171. The second-order valence-corrected chi connectivity index (χ2v) is 14.1. The SMILES string of the molecule is CC(=O)N(CCCNCCN1C(=O)c2cccc3cc(N4CCOCC4)cc(c23)C1=O)CCN1C(=O)c2cccc3cc(N4CCOCC4)cc(c23)C1=O. The molecule has 13 nitrogen and oxygen atoms in total. The van der Waals surface area contributed by atoms with Gasteiger partial charge >= 0.3 is 0 Å². The van der Waals surface area contributed by atoms with E-state index in [1.54, 1.807) is 17.0 Å². The summed E-state index contributed by atoms with van der Waals surface area (Å²) >= 11 is 0. The predicted octanol–water partition coefficient (Wildman–Crippen LogP) is 3.39. The topological polar surface area (TPSA) is 132 Å². The monoisotopic (exact) mass is 732 g/mol. The van der Waals surface area contributed by atoms with Crippen LogP contribution in [0, 0.1) is 0 Å². The number of nitrogens with zero attached hydrogens (tertiary/aromatic N) is 5. The van der Waals surface area contributed by atoms with Crippen molar-refractivity contribution in [2.45, 2.75) is 13.3 Å². The van der Waals surface area contributed by atoms with Gasteiger partial charge in [0.05, 0.1) is 37.6 Å². The number of imide groups is 2. The highest BCUT2D eigenvalue weighted by Crippen LogP contribution is 2.36. The summed E-state index contributed by atoms with van der Waals surface area (Å²) < 4.78 is 11.0. The number of morpholine rings is 2. The van der Waals surface area contributed by atoms with Crippen LogP contribution in [0.3, 0.4) is 0 Å². The summed E-state index contributed by atoms with van der Waals surface area (Å²) in [4.78, 5) is 75.9. The number of amides is 5. The van der Waals surface area contributed by atoms with Gasteiger partial charge in [-0.15, -0.1) is 0 Å². The van der Waals surface area contributed by atoms with E-state index in [1.165, 1.54) is 16.7 Å². The van der Waals surface area contributed by atoms with E-state index in [2.05, 4.69) is 15.1 Å². The third-order valence-electron chi connectivity index (χ3n) is 10.9. The van der Waals surface area contributed by atoms with Crippen LogP contribution in [0.15, 0.2) is 60.7 Å². The second kappa shape index (κ2) is 15.2. The summed E-state index contributed by atoms with van der Waals surface area (Å²) in [7, 11) is 0. The smallest absolute Gasteiger partial charge is 0.261 e. The number of anilines is 2. The van der Waals surface area contributed by atoms with Gasteiger partial charge in [-0.25, -0.2) is 0 Å². The number of carbonyl (C=O) groups excluding carboxylic acids is 5. The third-order valence-corrected chi connectivity index (χ3v) is 10.9. The molecule has 0 bridgehead atoms. The Kier molecular flexibility index (Phi) is 10.0. The normalized spacial score (nSPS) is 17.3. The van der Waals surface area contributed by atoms with Gasteiger partial charge in [-0.05, 0) is 60.1 Å². The third kappa shape index (κ3) is 6.67. The molecule has 54 heavy (non-hydrogen) atoms. The Morgan fingerprint density at radius 2 is 1.11 bits per heavy atom. The fourth-order valence-electron chi connectivity index (χ4n) is 8.06. The molecule has 4 aromatic rings. The molecule has 1 N–H and O–H groups in total. The standard InChI is InChI=1S/C41H44N6O7/c1-27(48)43(13-14-47-39(50)33-8-3-6-29-24-31(45-17-21-54-22-18-45)26-35(37(29)33)41(47)52)11-4-9-42-10-12-46-38(49)32-7-2-5-28-23-30(44-15-19-53-20-16-44)25-34(36(28)32)40(46)51/h2-3,5-8,23-26,42H,4,9-22H2,1H3. The van der Waals surface area contributed by atoms with Gasteiger partial charge in [0, 0.05) is 99.1 Å². The molecule has 0 unspecified atom stereocenters. The molecule has 4 aromatic carbocycles. The lowest BCUT2D eigenvalue weighted by Crippen LogP contribution is -2.46. The van der Waals surface area contributed by atoms with Crippen molar-refractivity contribution in [3.63, 3.8) is 0 Å². The fourth-order valence-corrected chi connectivity index (χ4v) is 8.06. The van der Waals surface area contributed by atoms with E-state index >= 15 is 0 Å². The highest BCUT2D eigenvalue weighted by molar-refractivity contribution is 6.27. The Morgan fingerprint density at radius 1 is 0.630 bits per heavy atom. The molecule has 0 atom stereocenters. The largest absolute Gasteiger partial charge is 0.378 e. The molecule has 13 heteroatoms. The maximum atomic E-state index is 13.8. The van der Waals surface area contributed by atoms with Gasteiger partial charge in [-0.1, -0.05) is 24.3 Å². The molecule has 280 valence electrons. The number of nitrogens with one attached hydrogen (secondary N) is 1. The Bertz CT molecular complexity index is 2160. The Labute approximate surface area is 313 Å². The van der Waals surface area contributed by atoms with E-state index in [0.29, 0.717) is 85.5 Å². The van der Waals surface area contributed by atoms with Crippen LogP contribution in [0.25, 0.3) is 21.5 Å². The molecule has 0 aromatic heterocycles. The van der Waals surface area contributed by atoms with E-state index < -0.39 is 0 Å². The lowest BCUT2D eigenvalue weighted by atomic mass is 9.93. The molecule has 4 heterocycles. The number of carbonyl (C=O) groups is 5. The van der Waals surface area contributed by atoms with Gasteiger partial charge in [0.15, 0.2) is 0 Å². The number of hydrogen-bond acceptors (Lipinski definition) is 10. The van der Waals surface area contributed by atoms with Crippen molar-refractivity contribution in [3.05, 3.63) is 82.9 Å². The van der Waals surface area contributed by atoms with Crippen molar-refractivity contribution in [2.24, 2.45) is 0 Å². The molecule has 2 fully saturated rings. The summed E-state index contributed by atoms with van der Waals surface area (Å²) in [6.07, 6.45) is 0.597. The first-order chi connectivity index (χ1) is 26.3. The van der Waals surface area contributed by atoms with Crippen LogP contribution in [-0.2, 0) is 14.3 Å². The molecule has 0 saturated carbocycles. The van der Waals surface area contributed by atoms with E-state index in [-0.39, 0.29) is 49.2 Å². The van der Waals surface area contributed by atoms with Crippen LogP contribution < -0.4 is 15.1 Å². The number of benzene rings is 4. The van der Waals surface area contributed by atoms with Crippen LogP contribution in [0.5, 0.6) is 0 Å². The van der Waals surface area contributed by atoms with Gasteiger partial charge in [0.1, 0.15) is 0 Å². The van der Waals surface area contributed by atoms with Gasteiger partial charge in [-0.3, -0.25) is 33.8 Å². The summed E-state index contributed by atoms with van der Waals surface area (Å²) in [5, 5.41) is 6.40. The van der Waals surface area contributed by atoms with Crippen LogP contribution in [0.1, 0.15) is 54.8 Å². The zero-order valence-corrected chi connectivity index (χ0v) is 30.5. The first-order valence-electron chi connectivity index (χ1n) is 18.8. The summed E-state index contributed by atoms with van der Waals surface area (Å²) in [5.41, 5.74) is 3.90. The molecule has 8 rings (SSSR count). The highest BCUT2D eigenvalue weighted by Gasteiger charge is 2.35. The molecule has 0 radical (unpaired) electrons. The molecular weight excluding hydrogens is 688 g/mol. The molecule has 4 aliphatic rings. The Morgan fingerprint density at radius 3 is 1.61 bits per heavy atom. The average Bonchev–Trinajstić information content (AvgIpc) is 3.20. The lowest BCUT2D eigenvalue weighted by molar-refractivity contribution is -0.129. The first kappa shape index (κ1) is 35.6. The van der Waals surface area contributed by atoms with Crippen molar-refractivity contribution in [2.75, 3.05) is 102 Å². The minimum absolute atomic E-state index is 0.0724. The fraction of sp³-hybridized carbons (Fsp3) is 0.390. The average molecular weight is 733 g/mol. The Balaban J connectivity index is 0.864. The molecule has 5 amide bonds. The predicted molar refractivity (Wildman–Crippen MR) is 204 cm³/mol. The van der Waals surface area contributed by atoms with Crippen molar-refractivity contribution in [3.8, 4) is 0 Å². The van der Waals surface area contributed by atoms with E-state index in [0.717, 1.165) is 48.3 Å². The van der Waals surface area contributed by atoms with E-state index in [9.17, 15) is 24.0 Å². The summed E-state index contributed by atoms with van der Waals surface area (Å²) in [6, 6.07) is 18.9. The van der Waals surface area contributed by atoms with E-state index in [4.69, 9.17) is 9.47 Å². The molecule has 0 spiro atoms. The van der Waals surface area contributed by atoms with Gasteiger partial charge < -0.3 is 29.5 Å². The molecule has 4 aliphatic heterocycles. The van der Waals surface area contributed by atoms with Crippen LogP contribution in [-0.4, -0.2) is 136 Å². The number of rotatable bonds is 12. The Hall–Kier alpha value is -5.37. The molecule has 2 saturated heterocycles. The summed E-state index contributed by atoms with van der Waals surface area (Å²) in [6.45, 7) is 8.70. The zero-order chi connectivity index (χ0) is 37.3. The van der Waals surface area contributed by atoms with Crippen molar-refractivity contribution >= 4 is 62.5 Å². The molecule has 0 aliphatic carbocycles. The second-order valence-electron chi connectivity index (χ2n) is 14.1. The van der Waals surface area contributed by atoms with Gasteiger partial charge in [0.2, 0.25) is 5.91 Å². The lowest BCUT2D eigenvalue weighted by Gasteiger charge is -2.32. The van der Waals surface area contributed by atoms with Crippen LogP contribution >= 0.6 is 0 Å². The van der Waals surface area contributed by atoms with Crippen LogP contribution in [0.2, 0.25) is 0 Å². The maximum Gasteiger partial charge on any atom is 0.261 e. The van der Waals surface area contributed by atoms with Gasteiger partial charge in [0.25, 0.3) is 23.6 Å². The highest BCUT2D eigenvalue weighted by atomic mass is 16.5. The van der Waals surface area contributed by atoms with Crippen molar-refractivity contribution in [1.29, 1.82) is 0 Å². The minimum atomic E-state index is -0.361. The minimum Gasteiger partial charge on any atom is -0.378 e. The first-order valence-corrected chi connectivity index (χ1v) is 18.8. The number of ether oxygens (including phenoxy) is 2. The zero-order valence-electron chi connectivity index (χ0n) is 30.5. The van der Waals surface area contributed by atoms with E-state index in [1.807, 2.05) is 48.5 Å². The van der Waals surface area contributed by atoms with Crippen molar-refractivity contribution < 1.29 is 33.4 Å². The number of hydrogen-bond donors (Lipinski definition) is 1. The van der Waals surface area contributed by atoms with Crippen molar-refractivity contribution in [1.82, 2.24) is 20.0 Å². The maximum absolute atomic E-state index is 13.8. The van der Waals surface area contributed by atoms with Gasteiger partial charge in [-0.2, -0.15) is 0 Å².